The van der Waals surface area contributed by atoms with E-state index in [4.69, 9.17) is 0 Å². The van der Waals surface area contributed by atoms with Crippen LogP contribution in [0.1, 0.15) is 18.7 Å². The molecule has 1 aliphatic heterocycles. The minimum Gasteiger partial charge on any atom is -0.309 e. The first-order chi connectivity index (χ1) is 6.74. The van der Waals surface area contributed by atoms with Crippen LogP contribution in [0.25, 0.3) is 0 Å². The summed E-state index contributed by atoms with van der Waals surface area (Å²) in [6.07, 6.45) is 1.97. The molecule has 2 heterocycles. The van der Waals surface area contributed by atoms with Gasteiger partial charge in [0.15, 0.2) is 0 Å². The van der Waals surface area contributed by atoms with E-state index in [2.05, 4.69) is 29.0 Å². The molecule has 78 valence electrons. The van der Waals surface area contributed by atoms with Crippen molar-refractivity contribution >= 4 is 11.3 Å². The van der Waals surface area contributed by atoms with E-state index in [0.717, 1.165) is 19.6 Å². The molecule has 1 saturated heterocycles. The third-order valence-electron chi connectivity index (χ3n) is 2.50. The van der Waals surface area contributed by atoms with Gasteiger partial charge in [0.05, 0.1) is 5.51 Å². The molecule has 0 amide bonds. The van der Waals surface area contributed by atoms with Gasteiger partial charge in [0.25, 0.3) is 0 Å². The lowest BCUT2D eigenvalue weighted by Gasteiger charge is -2.35. The van der Waals surface area contributed by atoms with Crippen molar-refractivity contribution in [3.05, 3.63) is 16.6 Å². The Bertz CT molecular complexity index is 263. The summed E-state index contributed by atoms with van der Waals surface area (Å²) in [4.78, 5) is 7.97. The van der Waals surface area contributed by atoms with Crippen molar-refractivity contribution in [3.63, 3.8) is 0 Å². The van der Waals surface area contributed by atoms with Gasteiger partial charge in [-0.25, -0.2) is 0 Å². The van der Waals surface area contributed by atoms with Crippen molar-refractivity contribution in [2.45, 2.75) is 32.5 Å². The lowest BCUT2D eigenvalue weighted by atomic mass is 10.1. The number of rotatable bonds is 2. The van der Waals surface area contributed by atoms with Crippen LogP contribution in [0.15, 0.2) is 11.7 Å². The standard InChI is InChI=1S/C10H17N3S/c1-8-4-13(5-9(2)12-8)6-10-3-11-7-14-10/h3,7-9,12H,4-6H2,1-2H3. The molecular formula is C10H17N3S. The maximum Gasteiger partial charge on any atom is 0.0794 e. The summed E-state index contributed by atoms with van der Waals surface area (Å²) < 4.78 is 0. The predicted molar refractivity (Wildman–Crippen MR) is 59.5 cm³/mol. The van der Waals surface area contributed by atoms with Crippen LogP contribution in [-0.4, -0.2) is 35.1 Å². The highest BCUT2D eigenvalue weighted by Crippen LogP contribution is 2.12. The fourth-order valence-corrected chi connectivity index (χ4v) is 2.75. The molecule has 0 aromatic carbocycles. The first-order valence-corrected chi connectivity index (χ1v) is 5.98. The Labute approximate surface area is 89.1 Å². The smallest absolute Gasteiger partial charge is 0.0794 e. The predicted octanol–water partition coefficient (Wildman–Crippen LogP) is 1.33. The molecule has 1 aromatic rings. The zero-order valence-corrected chi connectivity index (χ0v) is 9.55. The Balaban J connectivity index is 1.91. The minimum atomic E-state index is 0.603. The number of hydrogen-bond donors (Lipinski definition) is 1. The van der Waals surface area contributed by atoms with E-state index in [1.165, 1.54) is 4.88 Å². The second-order valence-corrected chi connectivity index (χ2v) is 5.10. The molecule has 1 aliphatic rings. The molecule has 2 unspecified atom stereocenters. The molecule has 0 aliphatic carbocycles. The van der Waals surface area contributed by atoms with E-state index in [-0.39, 0.29) is 0 Å². The van der Waals surface area contributed by atoms with Gasteiger partial charge in [-0.3, -0.25) is 9.88 Å². The van der Waals surface area contributed by atoms with E-state index in [9.17, 15) is 0 Å². The highest BCUT2D eigenvalue weighted by Gasteiger charge is 2.20. The van der Waals surface area contributed by atoms with E-state index in [1.54, 1.807) is 11.3 Å². The Morgan fingerprint density at radius 1 is 1.50 bits per heavy atom. The molecule has 2 rings (SSSR count). The summed E-state index contributed by atoms with van der Waals surface area (Å²) in [5.41, 5.74) is 1.91. The molecule has 1 fully saturated rings. The molecule has 0 saturated carbocycles. The summed E-state index contributed by atoms with van der Waals surface area (Å²) >= 11 is 1.75. The van der Waals surface area contributed by atoms with Crippen LogP contribution in [0.5, 0.6) is 0 Å². The SMILES string of the molecule is CC1CN(Cc2cncs2)CC(C)N1. The lowest BCUT2D eigenvalue weighted by molar-refractivity contribution is 0.168. The van der Waals surface area contributed by atoms with Crippen LogP contribution >= 0.6 is 11.3 Å². The van der Waals surface area contributed by atoms with Crippen molar-refractivity contribution in [3.8, 4) is 0 Å². The van der Waals surface area contributed by atoms with Crippen LogP contribution in [0.2, 0.25) is 0 Å². The molecule has 4 heteroatoms. The van der Waals surface area contributed by atoms with Crippen LogP contribution < -0.4 is 5.32 Å². The zero-order valence-electron chi connectivity index (χ0n) is 8.73. The fourth-order valence-electron chi connectivity index (χ4n) is 2.11. The zero-order chi connectivity index (χ0) is 9.97. The molecule has 0 spiro atoms. The van der Waals surface area contributed by atoms with E-state index in [1.807, 2.05) is 11.7 Å². The van der Waals surface area contributed by atoms with Gasteiger partial charge in [-0.2, -0.15) is 0 Å². The number of nitrogens with zero attached hydrogens (tertiary/aromatic N) is 2. The Kier molecular flexibility index (Phi) is 3.15. The largest absolute Gasteiger partial charge is 0.309 e. The molecule has 3 nitrogen and oxygen atoms in total. The maximum atomic E-state index is 4.10. The van der Waals surface area contributed by atoms with E-state index < -0.39 is 0 Å². The Morgan fingerprint density at radius 2 is 2.21 bits per heavy atom. The van der Waals surface area contributed by atoms with Crippen LogP contribution in [0.4, 0.5) is 0 Å². The number of piperazine rings is 1. The molecule has 0 bridgehead atoms. The topological polar surface area (TPSA) is 28.2 Å². The van der Waals surface area contributed by atoms with Gasteiger partial charge in [-0.05, 0) is 13.8 Å². The quantitative estimate of drug-likeness (QED) is 0.800. The highest BCUT2D eigenvalue weighted by atomic mass is 32.1. The van der Waals surface area contributed by atoms with Crippen molar-refractivity contribution in [1.29, 1.82) is 0 Å². The summed E-state index contributed by atoms with van der Waals surface area (Å²) in [6, 6.07) is 1.21. The van der Waals surface area contributed by atoms with E-state index in [0.29, 0.717) is 12.1 Å². The highest BCUT2D eigenvalue weighted by molar-refractivity contribution is 7.09. The summed E-state index contributed by atoms with van der Waals surface area (Å²) in [7, 11) is 0. The number of hydrogen-bond acceptors (Lipinski definition) is 4. The van der Waals surface area contributed by atoms with E-state index >= 15 is 0 Å². The monoisotopic (exact) mass is 211 g/mol. The Morgan fingerprint density at radius 3 is 2.79 bits per heavy atom. The van der Waals surface area contributed by atoms with Gasteiger partial charge < -0.3 is 5.32 Å². The maximum absolute atomic E-state index is 4.10. The van der Waals surface area contributed by atoms with Gasteiger partial charge >= 0.3 is 0 Å². The minimum absolute atomic E-state index is 0.603. The molecule has 0 radical (unpaired) electrons. The summed E-state index contributed by atoms with van der Waals surface area (Å²) in [5, 5.41) is 3.53. The molecule has 1 aromatic heterocycles. The molecule has 1 N–H and O–H groups in total. The third kappa shape index (κ3) is 2.53. The average Bonchev–Trinajstić information content (AvgIpc) is 2.54. The fraction of sp³-hybridized carbons (Fsp3) is 0.700. The summed E-state index contributed by atoms with van der Waals surface area (Å²) in [5.74, 6) is 0. The van der Waals surface area contributed by atoms with Crippen molar-refractivity contribution < 1.29 is 0 Å². The van der Waals surface area contributed by atoms with Crippen molar-refractivity contribution in [2.75, 3.05) is 13.1 Å². The lowest BCUT2D eigenvalue weighted by Crippen LogP contribution is -2.53. The van der Waals surface area contributed by atoms with Crippen molar-refractivity contribution in [2.24, 2.45) is 0 Å². The summed E-state index contributed by atoms with van der Waals surface area (Å²) in [6.45, 7) is 7.83. The third-order valence-corrected chi connectivity index (χ3v) is 3.26. The van der Waals surface area contributed by atoms with Crippen molar-refractivity contribution in [1.82, 2.24) is 15.2 Å². The second kappa shape index (κ2) is 4.38. The second-order valence-electron chi connectivity index (χ2n) is 4.13. The van der Waals surface area contributed by atoms with Gasteiger partial charge in [0, 0.05) is 42.8 Å². The molecular weight excluding hydrogens is 194 g/mol. The molecule has 2 atom stereocenters. The van der Waals surface area contributed by atoms with Crippen LogP contribution in [-0.2, 0) is 6.54 Å². The normalized spacial score (nSPS) is 29.3. The van der Waals surface area contributed by atoms with Crippen LogP contribution in [0.3, 0.4) is 0 Å². The van der Waals surface area contributed by atoms with Gasteiger partial charge in [-0.15, -0.1) is 11.3 Å². The molecule has 14 heavy (non-hydrogen) atoms. The first-order valence-electron chi connectivity index (χ1n) is 5.10. The Hall–Kier alpha value is -0.450. The van der Waals surface area contributed by atoms with Gasteiger partial charge in [0.2, 0.25) is 0 Å². The van der Waals surface area contributed by atoms with Gasteiger partial charge in [-0.1, -0.05) is 0 Å². The van der Waals surface area contributed by atoms with Gasteiger partial charge in [0.1, 0.15) is 0 Å². The number of thiazole rings is 1. The number of aromatic nitrogens is 1. The van der Waals surface area contributed by atoms with Crippen LogP contribution in [0, 0.1) is 0 Å². The first kappa shape index (κ1) is 10.1. The number of nitrogens with one attached hydrogen (secondary N) is 1. The average molecular weight is 211 g/mol.